The zero-order chi connectivity index (χ0) is 19.8. The molecule has 0 aliphatic heterocycles. The SMILES string of the molecule is Cc1nc(C)n(-c2ccc(C(=O)Nc3cc(S(C)(=O)=O)ccc3F)cc2)n1. The maximum Gasteiger partial charge on any atom is 0.255 e. The molecule has 0 aliphatic carbocycles. The molecule has 27 heavy (non-hydrogen) atoms. The molecule has 3 rings (SSSR count). The van der Waals surface area contributed by atoms with Gasteiger partial charge < -0.3 is 5.32 Å². The van der Waals surface area contributed by atoms with E-state index >= 15 is 0 Å². The van der Waals surface area contributed by atoms with E-state index in [1.54, 1.807) is 35.9 Å². The summed E-state index contributed by atoms with van der Waals surface area (Å²) in [5.74, 6) is 0.0681. The number of nitrogens with zero attached hydrogens (tertiary/aromatic N) is 3. The number of amides is 1. The molecule has 0 aliphatic rings. The molecule has 1 heterocycles. The molecule has 140 valence electrons. The highest BCUT2D eigenvalue weighted by Gasteiger charge is 2.14. The van der Waals surface area contributed by atoms with Crippen LogP contribution >= 0.6 is 0 Å². The number of aromatic nitrogens is 3. The van der Waals surface area contributed by atoms with Crippen LogP contribution in [0.25, 0.3) is 5.69 Å². The first-order valence-corrected chi connectivity index (χ1v) is 9.86. The molecule has 0 unspecified atom stereocenters. The zero-order valence-electron chi connectivity index (χ0n) is 14.9. The maximum absolute atomic E-state index is 13.9. The van der Waals surface area contributed by atoms with Gasteiger partial charge >= 0.3 is 0 Å². The standard InChI is InChI=1S/C18H17FN4O3S/c1-11-20-12(2)23(22-11)14-6-4-13(5-7-14)18(24)21-17-10-15(27(3,25)26)8-9-16(17)19/h4-10H,1-3H3,(H,21,24). The van der Waals surface area contributed by atoms with Gasteiger partial charge in [-0.3, -0.25) is 4.79 Å². The van der Waals surface area contributed by atoms with Gasteiger partial charge in [0.15, 0.2) is 9.84 Å². The number of hydrogen-bond acceptors (Lipinski definition) is 5. The van der Waals surface area contributed by atoms with E-state index in [1.165, 1.54) is 0 Å². The average Bonchev–Trinajstić information content (AvgIpc) is 2.94. The van der Waals surface area contributed by atoms with Crippen LogP contribution in [0.15, 0.2) is 47.4 Å². The number of carbonyl (C=O) groups is 1. The summed E-state index contributed by atoms with van der Waals surface area (Å²) in [5.41, 5.74) is 0.821. The lowest BCUT2D eigenvalue weighted by Gasteiger charge is -2.09. The van der Waals surface area contributed by atoms with E-state index < -0.39 is 21.6 Å². The molecular weight excluding hydrogens is 371 g/mol. The van der Waals surface area contributed by atoms with Crippen LogP contribution in [0.2, 0.25) is 0 Å². The Morgan fingerprint density at radius 1 is 1.11 bits per heavy atom. The number of nitrogens with one attached hydrogen (secondary N) is 1. The quantitative estimate of drug-likeness (QED) is 0.694. The first-order chi connectivity index (χ1) is 12.6. The van der Waals surface area contributed by atoms with Crippen LogP contribution in [-0.2, 0) is 9.84 Å². The highest BCUT2D eigenvalue weighted by molar-refractivity contribution is 7.90. The molecule has 0 radical (unpaired) electrons. The molecular formula is C18H17FN4O3S. The smallest absolute Gasteiger partial charge is 0.255 e. The maximum atomic E-state index is 13.9. The molecule has 0 spiro atoms. The molecule has 2 aromatic carbocycles. The highest BCUT2D eigenvalue weighted by atomic mass is 32.2. The summed E-state index contributed by atoms with van der Waals surface area (Å²) >= 11 is 0. The first-order valence-electron chi connectivity index (χ1n) is 7.97. The molecule has 1 N–H and O–H groups in total. The number of halogens is 1. The normalized spacial score (nSPS) is 11.4. The number of rotatable bonds is 4. The van der Waals surface area contributed by atoms with Crippen molar-refractivity contribution in [3.8, 4) is 5.69 Å². The Bertz CT molecular complexity index is 1120. The van der Waals surface area contributed by atoms with E-state index in [2.05, 4.69) is 15.4 Å². The van der Waals surface area contributed by atoms with E-state index in [1.807, 2.05) is 6.92 Å². The Morgan fingerprint density at radius 2 is 1.78 bits per heavy atom. The number of sulfone groups is 1. The largest absolute Gasteiger partial charge is 0.319 e. The zero-order valence-corrected chi connectivity index (χ0v) is 15.7. The van der Waals surface area contributed by atoms with Crippen molar-refractivity contribution >= 4 is 21.4 Å². The lowest BCUT2D eigenvalue weighted by atomic mass is 10.2. The van der Waals surface area contributed by atoms with Gasteiger partial charge in [0, 0.05) is 11.8 Å². The summed E-state index contributed by atoms with van der Waals surface area (Å²) in [4.78, 5) is 16.5. The lowest BCUT2D eigenvalue weighted by Crippen LogP contribution is -2.14. The Labute approximate surface area is 155 Å². The summed E-state index contributed by atoms with van der Waals surface area (Å²) in [6, 6.07) is 9.78. The topological polar surface area (TPSA) is 94.0 Å². The van der Waals surface area contributed by atoms with Gasteiger partial charge in [-0.05, 0) is 56.3 Å². The second-order valence-electron chi connectivity index (χ2n) is 6.03. The van der Waals surface area contributed by atoms with Crippen molar-refractivity contribution in [1.82, 2.24) is 14.8 Å². The fourth-order valence-electron chi connectivity index (χ4n) is 2.54. The minimum atomic E-state index is -3.51. The molecule has 9 heteroatoms. The van der Waals surface area contributed by atoms with Gasteiger partial charge in [0.2, 0.25) is 0 Å². The van der Waals surface area contributed by atoms with Crippen molar-refractivity contribution in [1.29, 1.82) is 0 Å². The minimum Gasteiger partial charge on any atom is -0.319 e. The van der Waals surface area contributed by atoms with Crippen LogP contribution in [-0.4, -0.2) is 35.3 Å². The van der Waals surface area contributed by atoms with Crippen molar-refractivity contribution in [3.63, 3.8) is 0 Å². The van der Waals surface area contributed by atoms with E-state index in [-0.39, 0.29) is 16.1 Å². The summed E-state index contributed by atoms with van der Waals surface area (Å²) in [7, 11) is -3.51. The van der Waals surface area contributed by atoms with Crippen LogP contribution in [0.4, 0.5) is 10.1 Å². The Kier molecular flexibility index (Phi) is 4.79. The Balaban J connectivity index is 1.84. The fraction of sp³-hybridized carbons (Fsp3) is 0.167. The van der Waals surface area contributed by atoms with Gasteiger partial charge in [0.05, 0.1) is 16.3 Å². The molecule has 0 bridgehead atoms. The van der Waals surface area contributed by atoms with E-state index in [4.69, 9.17) is 0 Å². The van der Waals surface area contributed by atoms with E-state index in [0.29, 0.717) is 11.6 Å². The van der Waals surface area contributed by atoms with Crippen LogP contribution in [0.5, 0.6) is 0 Å². The third-order valence-electron chi connectivity index (χ3n) is 3.86. The minimum absolute atomic E-state index is 0.0772. The van der Waals surface area contributed by atoms with Gasteiger partial charge in [0.1, 0.15) is 17.5 Å². The second kappa shape index (κ2) is 6.92. The third-order valence-corrected chi connectivity index (χ3v) is 4.97. The van der Waals surface area contributed by atoms with Gasteiger partial charge in [0.25, 0.3) is 5.91 Å². The fourth-order valence-corrected chi connectivity index (χ4v) is 3.19. The van der Waals surface area contributed by atoms with Crippen molar-refractivity contribution in [2.45, 2.75) is 18.7 Å². The molecule has 1 aromatic heterocycles. The van der Waals surface area contributed by atoms with Crippen LogP contribution in [0.1, 0.15) is 22.0 Å². The number of hydrogen-bond donors (Lipinski definition) is 1. The summed E-state index contributed by atoms with van der Waals surface area (Å²) in [5, 5.41) is 6.67. The summed E-state index contributed by atoms with van der Waals surface area (Å²) in [6.07, 6.45) is 1.01. The van der Waals surface area contributed by atoms with Crippen molar-refractivity contribution in [2.24, 2.45) is 0 Å². The van der Waals surface area contributed by atoms with Crippen LogP contribution < -0.4 is 5.32 Å². The molecule has 0 saturated heterocycles. The number of aryl methyl sites for hydroxylation is 2. The molecule has 3 aromatic rings. The molecule has 7 nitrogen and oxygen atoms in total. The lowest BCUT2D eigenvalue weighted by molar-refractivity contribution is 0.102. The average molecular weight is 388 g/mol. The second-order valence-corrected chi connectivity index (χ2v) is 8.05. The predicted molar refractivity (Wildman–Crippen MR) is 98.3 cm³/mol. The molecule has 0 atom stereocenters. The summed E-state index contributed by atoms with van der Waals surface area (Å²) < 4.78 is 38.8. The number of anilines is 1. The monoisotopic (exact) mass is 388 g/mol. The van der Waals surface area contributed by atoms with Crippen molar-refractivity contribution in [2.75, 3.05) is 11.6 Å². The van der Waals surface area contributed by atoms with Gasteiger partial charge in [-0.25, -0.2) is 22.5 Å². The van der Waals surface area contributed by atoms with Gasteiger partial charge in [-0.2, -0.15) is 5.10 Å². The number of carbonyl (C=O) groups excluding carboxylic acids is 1. The Morgan fingerprint density at radius 3 is 2.33 bits per heavy atom. The third kappa shape index (κ3) is 4.03. The van der Waals surface area contributed by atoms with Gasteiger partial charge in [-0.1, -0.05) is 0 Å². The molecule has 0 saturated carbocycles. The van der Waals surface area contributed by atoms with Crippen molar-refractivity contribution in [3.05, 3.63) is 65.5 Å². The Hall–Kier alpha value is -3.07. The summed E-state index contributed by atoms with van der Waals surface area (Å²) in [6.45, 7) is 3.60. The molecule has 1 amide bonds. The highest BCUT2D eigenvalue weighted by Crippen LogP contribution is 2.21. The number of benzene rings is 2. The van der Waals surface area contributed by atoms with Crippen molar-refractivity contribution < 1.29 is 17.6 Å². The predicted octanol–water partition coefficient (Wildman–Crippen LogP) is 2.68. The van der Waals surface area contributed by atoms with E-state index in [0.717, 1.165) is 30.1 Å². The van der Waals surface area contributed by atoms with Crippen LogP contribution in [0.3, 0.4) is 0 Å². The van der Waals surface area contributed by atoms with Crippen LogP contribution in [0, 0.1) is 19.7 Å². The van der Waals surface area contributed by atoms with E-state index in [9.17, 15) is 17.6 Å². The molecule has 0 fully saturated rings. The van der Waals surface area contributed by atoms with Gasteiger partial charge in [-0.15, -0.1) is 0 Å². The first kappa shape index (κ1) is 18.7.